The van der Waals surface area contributed by atoms with Crippen molar-refractivity contribution in [1.82, 2.24) is 9.80 Å². The SMILES string of the molecule is CN(C)CCCN1CCN(c2cccc(Cl)c2)C1=O.Cl. The molecule has 112 valence electrons. The third-order valence-corrected chi connectivity index (χ3v) is 3.48. The van der Waals surface area contributed by atoms with Crippen molar-refractivity contribution in [2.75, 3.05) is 45.2 Å². The first-order valence-electron chi connectivity index (χ1n) is 6.54. The van der Waals surface area contributed by atoms with Gasteiger partial charge in [0, 0.05) is 30.3 Å². The summed E-state index contributed by atoms with van der Waals surface area (Å²) in [5, 5.41) is 0.663. The second-order valence-corrected chi connectivity index (χ2v) is 5.49. The van der Waals surface area contributed by atoms with Crippen molar-refractivity contribution >= 4 is 35.7 Å². The summed E-state index contributed by atoms with van der Waals surface area (Å²) in [5.74, 6) is 0. The van der Waals surface area contributed by atoms with Crippen LogP contribution in [0.1, 0.15) is 6.42 Å². The summed E-state index contributed by atoms with van der Waals surface area (Å²) in [6, 6.07) is 7.54. The van der Waals surface area contributed by atoms with E-state index in [1.165, 1.54) is 0 Å². The van der Waals surface area contributed by atoms with Gasteiger partial charge in [0.05, 0.1) is 0 Å². The molecule has 0 spiro atoms. The van der Waals surface area contributed by atoms with E-state index in [1.54, 1.807) is 4.90 Å². The fraction of sp³-hybridized carbons (Fsp3) is 0.500. The molecule has 1 saturated heterocycles. The van der Waals surface area contributed by atoms with Crippen LogP contribution in [0.5, 0.6) is 0 Å². The predicted octanol–water partition coefficient (Wildman–Crippen LogP) is 2.96. The van der Waals surface area contributed by atoms with Gasteiger partial charge < -0.3 is 9.80 Å². The van der Waals surface area contributed by atoms with Crippen molar-refractivity contribution in [3.63, 3.8) is 0 Å². The van der Waals surface area contributed by atoms with Gasteiger partial charge >= 0.3 is 6.03 Å². The molecule has 1 aliphatic heterocycles. The summed E-state index contributed by atoms with van der Waals surface area (Å²) in [6.45, 7) is 3.34. The van der Waals surface area contributed by atoms with Crippen molar-refractivity contribution in [2.24, 2.45) is 0 Å². The fourth-order valence-corrected chi connectivity index (χ4v) is 2.44. The van der Waals surface area contributed by atoms with Crippen LogP contribution in [-0.4, -0.2) is 56.1 Å². The second-order valence-electron chi connectivity index (χ2n) is 5.06. The van der Waals surface area contributed by atoms with Crippen LogP contribution in [0.25, 0.3) is 0 Å². The molecule has 20 heavy (non-hydrogen) atoms. The van der Waals surface area contributed by atoms with Gasteiger partial charge in [-0.2, -0.15) is 0 Å². The van der Waals surface area contributed by atoms with Crippen LogP contribution in [0.2, 0.25) is 5.02 Å². The highest BCUT2D eigenvalue weighted by Gasteiger charge is 2.28. The maximum Gasteiger partial charge on any atom is 0.324 e. The van der Waals surface area contributed by atoms with Crippen LogP contribution >= 0.6 is 24.0 Å². The van der Waals surface area contributed by atoms with Gasteiger partial charge in [0.15, 0.2) is 0 Å². The van der Waals surface area contributed by atoms with Crippen molar-refractivity contribution in [3.05, 3.63) is 29.3 Å². The zero-order valence-electron chi connectivity index (χ0n) is 11.9. The van der Waals surface area contributed by atoms with Gasteiger partial charge in [-0.25, -0.2) is 4.79 Å². The molecule has 4 nitrogen and oxygen atoms in total. The van der Waals surface area contributed by atoms with Gasteiger partial charge in [-0.3, -0.25) is 4.90 Å². The molecule has 1 aromatic rings. The highest BCUT2D eigenvalue weighted by atomic mass is 35.5. The molecule has 0 radical (unpaired) electrons. The Morgan fingerprint density at radius 3 is 2.70 bits per heavy atom. The molecule has 1 aromatic carbocycles. The van der Waals surface area contributed by atoms with Crippen LogP contribution in [0.15, 0.2) is 24.3 Å². The van der Waals surface area contributed by atoms with Crippen LogP contribution in [0.4, 0.5) is 10.5 Å². The molecule has 0 saturated carbocycles. The van der Waals surface area contributed by atoms with E-state index >= 15 is 0 Å². The largest absolute Gasteiger partial charge is 0.324 e. The summed E-state index contributed by atoms with van der Waals surface area (Å²) in [6.07, 6.45) is 1.00. The number of rotatable bonds is 5. The van der Waals surface area contributed by atoms with Crippen molar-refractivity contribution in [3.8, 4) is 0 Å². The van der Waals surface area contributed by atoms with E-state index in [0.717, 1.165) is 38.3 Å². The highest BCUT2D eigenvalue weighted by molar-refractivity contribution is 6.30. The number of halogens is 2. The van der Waals surface area contributed by atoms with Gasteiger partial charge in [-0.15, -0.1) is 12.4 Å². The van der Waals surface area contributed by atoms with E-state index in [4.69, 9.17) is 11.6 Å². The monoisotopic (exact) mass is 317 g/mol. The first kappa shape index (κ1) is 17.1. The lowest BCUT2D eigenvalue weighted by atomic mass is 10.3. The molecule has 0 atom stereocenters. The zero-order valence-corrected chi connectivity index (χ0v) is 13.5. The molecule has 2 amide bonds. The Kier molecular flexibility index (Phi) is 6.59. The summed E-state index contributed by atoms with van der Waals surface area (Å²) in [7, 11) is 4.09. The molecular weight excluding hydrogens is 297 g/mol. The standard InChI is InChI=1S/C14H20ClN3O.ClH/c1-16(2)7-4-8-17-9-10-18(14(17)19)13-6-3-5-12(15)11-13;/h3,5-6,11H,4,7-10H2,1-2H3;1H. The minimum atomic E-state index is 0. The van der Waals surface area contributed by atoms with E-state index in [2.05, 4.69) is 4.90 Å². The summed E-state index contributed by atoms with van der Waals surface area (Å²) in [4.78, 5) is 18.1. The number of carbonyl (C=O) groups is 1. The zero-order chi connectivity index (χ0) is 13.8. The predicted molar refractivity (Wildman–Crippen MR) is 86.2 cm³/mol. The Bertz CT molecular complexity index is 454. The molecule has 1 aliphatic rings. The van der Waals surface area contributed by atoms with Crippen molar-refractivity contribution in [1.29, 1.82) is 0 Å². The average Bonchev–Trinajstić information content (AvgIpc) is 2.71. The Labute approximate surface area is 131 Å². The molecule has 0 aromatic heterocycles. The lowest BCUT2D eigenvalue weighted by Gasteiger charge is -2.19. The van der Waals surface area contributed by atoms with Crippen LogP contribution in [0, 0.1) is 0 Å². The number of urea groups is 1. The van der Waals surface area contributed by atoms with Crippen LogP contribution in [-0.2, 0) is 0 Å². The van der Waals surface area contributed by atoms with E-state index < -0.39 is 0 Å². The topological polar surface area (TPSA) is 26.8 Å². The van der Waals surface area contributed by atoms with Gasteiger partial charge in [0.1, 0.15) is 0 Å². The van der Waals surface area contributed by atoms with E-state index in [0.29, 0.717) is 5.02 Å². The third-order valence-electron chi connectivity index (χ3n) is 3.25. The Morgan fingerprint density at radius 1 is 1.30 bits per heavy atom. The average molecular weight is 318 g/mol. The summed E-state index contributed by atoms with van der Waals surface area (Å²) < 4.78 is 0. The number of amides is 2. The van der Waals surface area contributed by atoms with Gasteiger partial charge in [-0.1, -0.05) is 17.7 Å². The van der Waals surface area contributed by atoms with Crippen LogP contribution < -0.4 is 4.90 Å². The molecule has 1 heterocycles. The molecule has 2 rings (SSSR count). The lowest BCUT2D eigenvalue weighted by molar-refractivity contribution is 0.218. The van der Waals surface area contributed by atoms with Crippen molar-refractivity contribution in [2.45, 2.75) is 6.42 Å². The normalized spacial score (nSPS) is 14.9. The number of carbonyl (C=O) groups excluding carboxylic acids is 1. The number of hydrogen-bond donors (Lipinski definition) is 0. The summed E-state index contributed by atoms with van der Waals surface area (Å²) in [5.41, 5.74) is 0.882. The molecule has 6 heteroatoms. The van der Waals surface area contributed by atoms with Gasteiger partial charge in [0.25, 0.3) is 0 Å². The molecule has 1 fully saturated rings. The molecule has 0 unspecified atom stereocenters. The van der Waals surface area contributed by atoms with Gasteiger partial charge in [-0.05, 0) is 45.3 Å². The highest BCUT2D eigenvalue weighted by Crippen LogP contribution is 2.23. The van der Waals surface area contributed by atoms with E-state index in [-0.39, 0.29) is 18.4 Å². The molecule has 0 N–H and O–H groups in total. The number of nitrogens with zero attached hydrogens (tertiary/aromatic N) is 3. The van der Waals surface area contributed by atoms with Gasteiger partial charge in [0.2, 0.25) is 0 Å². The van der Waals surface area contributed by atoms with E-state index in [9.17, 15) is 4.79 Å². The third kappa shape index (κ3) is 4.27. The molecular formula is C14H21Cl2N3O. The maximum absolute atomic E-state index is 12.3. The number of benzene rings is 1. The first-order valence-corrected chi connectivity index (χ1v) is 6.92. The number of hydrogen-bond acceptors (Lipinski definition) is 2. The minimum absolute atomic E-state index is 0. The maximum atomic E-state index is 12.3. The summed E-state index contributed by atoms with van der Waals surface area (Å²) >= 11 is 5.97. The number of anilines is 1. The smallest absolute Gasteiger partial charge is 0.323 e. The molecule has 0 aliphatic carbocycles. The van der Waals surface area contributed by atoms with Crippen molar-refractivity contribution < 1.29 is 4.79 Å². The second kappa shape index (κ2) is 7.72. The lowest BCUT2D eigenvalue weighted by Crippen LogP contribution is -2.33. The first-order chi connectivity index (χ1) is 9.08. The Morgan fingerprint density at radius 2 is 2.05 bits per heavy atom. The van der Waals surface area contributed by atoms with Crippen LogP contribution in [0.3, 0.4) is 0 Å². The minimum Gasteiger partial charge on any atom is -0.323 e. The quantitative estimate of drug-likeness (QED) is 0.834. The fourth-order valence-electron chi connectivity index (χ4n) is 2.25. The Hall–Kier alpha value is -0.970. The molecule has 0 bridgehead atoms. The van der Waals surface area contributed by atoms with E-state index in [1.807, 2.05) is 43.3 Å². The Balaban J connectivity index is 0.00000200.